The topological polar surface area (TPSA) is 86.7 Å². The molecule has 2 aromatic rings. The molecule has 34 heavy (non-hydrogen) atoms. The van der Waals surface area contributed by atoms with E-state index in [0.29, 0.717) is 28.6 Å². The second-order valence-electron chi connectivity index (χ2n) is 8.14. The van der Waals surface area contributed by atoms with Crippen molar-refractivity contribution in [1.29, 1.82) is 0 Å². The van der Waals surface area contributed by atoms with Crippen LogP contribution in [0.1, 0.15) is 40.2 Å². The lowest BCUT2D eigenvalue weighted by molar-refractivity contribution is 0.104. The van der Waals surface area contributed by atoms with E-state index in [0.717, 1.165) is 31.5 Å². The maximum atomic E-state index is 13.1. The molecule has 1 heterocycles. The second kappa shape index (κ2) is 11.2. The predicted molar refractivity (Wildman–Crippen MR) is 130 cm³/mol. The van der Waals surface area contributed by atoms with Crippen LogP contribution < -0.4 is 23.7 Å². The van der Waals surface area contributed by atoms with Gasteiger partial charge in [0.2, 0.25) is 0 Å². The minimum Gasteiger partial charge on any atom is -0.507 e. The molecular weight excluding hydrogens is 438 g/mol. The summed E-state index contributed by atoms with van der Waals surface area (Å²) >= 11 is 0. The van der Waals surface area contributed by atoms with Crippen LogP contribution >= 0.6 is 0 Å². The summed E-state index contributed by atoms with van der Waals surface area (Å²) in [4.78, 5) is 15.4. The van der Waals surface area contributed by atoms with E-state index < -0.39 is 5.78 Å². The Balaban J connectivity index is 2.07. The molecule has 1 aliphatic heterocycles. The molecule has 2 aromatic carbocycles. The Morgan fingerprint density at radius 3 is 2.12 bits per heavy atom. The second-order valence-corrected chi connectivity index (χ2v) is 8.14. The Morgan fingerprint density at radius 1 is 0.912 bits per heavy atom. The lowest BCUT2D eigenvalue weighted by Gasteiger charge is -2.31. The third-order valence-electron chi connectivity index (χ3n) is 6.21. The number of phenols is 1. The molecule has 1 fully saturated rings. The Kier molecular flexibility index (Phi) is 8.28. The van der Waals surface area contributed by atoms with Gasteiger partial charge in [0.15, 0.2) is 5.78 Å². The molecule has 0 saturated carbocycles. The number of allylic oxidation sites excluding steroid dienone is 1. The molecule has 0 amide bonds. The fourth-order valence-electron chi connectivity index (χ4n) is 4.39. The Hall–Kier alpha value is -3.39. The van der Waals surface area contributed by atoms with Crippen LogP contribution in [-0.4, -0.2) is 71.5 Å². The number of phenolic OH excluding ortho intramolecular Hbond substituents is 1. The lowest BCUT2D eigenvalue weighted by atomic mass is 9.86. The molecule has 8 nitrogen and oxygen atoms in total. The molecule has 0 unspecified atom stereocenters. The molecule has 0 aliphatic carbocycles. The fraction of sp³-hybridized carbons (Fsp3) is 0.423. The van der Waals surface area contributed by atoms with Gasteiger partial charge in [0, 0.05) is 23.8 Å². The van der Waals surface area contributed by atoms with Crippen molar-refractivity contribution in [2.45, 2.75) is 18.8 Å². The van der Waals surface area contributed by atoms with Crippen LogP contribution in [0.2, 0.25) is 0 Å². The summed E-state index contributed by atoms with van der Waals surface area (Å²) in [6.07, 6.45) is 4.94. The zero-order valence-electron chi connectivity index (χ0n) is 20.6. The van der Waals surface area contributed by atoms with E-state index >= 15 is 0 Å². The number of methoxy groups -OCH3 is 5. The van der Waals surface area contributed by atoms with Crippen molar-refractivity contribution in [1.82, 2.24) is 4.90 Å². The van der Waals surface area contributed by atoms with E-state index in [9.17, 15) is 9.90 Å². The van der Waals surface area contributed by atoms with Crippen LogP contribution in [0.5, 0.6) is 34.5 Å². The summed E-state index contributed by atoms with van der Waals surface area (Å²) in [7, 11) is 9.80. The Bertz CT molecular complexity index is 1060. The van der Waals surface area contributed by atoms with Gasteiger partial charge in [-0.3, -0.25) is 4.79 Å². The highest BCUT2D eigenvalue weighted by atomic mass is 16.5. The van der Waals surface area contributed by atoms with E-state index in [2.05, 4.69) is 11.9 Å². The van der Waals surface area contributed by atoms with Gasteiger partial charge in [0.25, 0.3) is 0 Å². The van der Waals surface area contributed by atoms with Gasteiger partial charge in [-0.2, -0.15) is 0 Å². The minimum absolute atomic E-state index is 0.0431. The Morgan fingerprint density at radius 2 is 1.56 bits per heavy atom. The summed E-state index contributed by atoms with van der Waals surface area (Å²) in [5, 5.41) is 10.4. The normalized spacial score (nSPS) is 14.8. The molecule has 3 rings (SSSR count). The first-order valence-corrected chi connectivity index (χ1v) is 11.1. The molecule has 0 aromatic heterocycles. The lowest BCUT2D eigenvalue weighted by Crippen LogP contribution is -2.29. The summed E-state index contributed by atoms with van der Waals surface area (Å²) in [5.41, 5.74) is 1.64. The van der Waals surface area contributed by atoms with E-state index in [-0.39, 0.29) is 23.0 Å². The van der Waals surface area contributed by atoms with Crippen molar-refractivity contribution < 1.29 is 33.6 Å². The molecule has 0 bridgehead atoms. The van der Waals surface area contributed by atoms with Gasteiger partial charge >= 0.3 is 0 Å². The van der Waals surface area contributed by atoms with E-state index in [4.69, 9.17) is 23.7 Å². The average Bonchev–Trinajstić information content (AvgIpc) is 2.86. The maximum absolute atomic E-state index is 13.1. The molecule has 1 N–H and O–H groups in total. The number of benzene rings is 2. The van der Waals surface area contributed by atoms with Crippen LogP contribution in [-0.2, 0) is 0 Å². The van der Waals surface area contributed by atoms with Crippen LogP contribution in [0.25, 0.3) is 6.08 Å². The van der Waals surface area contributed by atoms with Crippen molar-refractivity contribution in [2.75, 3.05) is 55.7 Å². The van der Waals surface area contributed by atoms with E-state index in [1.165, 1.54) is 26.4 Å². The summed E-state index contributed by atoms with van der Waals surface area (Å²) in [6.45, 7) is 1.95. The minimum atomic E-state index is -0.433. The first-order chi connectivity index (χ1) is 16.4. The first-order valence-electron chi connectivity index (χ1n) is 11.1. The van der Waals surface area contributed by atoms with Gasteiger partial charge in [-0.25, -0.2) is 0 Å². The van der Waals surface area contributed by atoms with Crippen molar-refractivity contribution in [2.24, 2.45) is 0 Å². The maximum Gasteiger partial charge on any atom is 0.193 e. The SMILES string of the molecule is COc1cc(O)c(C(=O)C=Cc2c(OC)cc(OC)c(C3CCN(C)CC3)c2OC)c(OC)c1. The summed E-state index contributed by atoms with van der Waals surface area (Å²) in [6, 6.07) is 4.75. The van der Waals surface area contributed by atoms with Crippen molar-refractivity contribution in [3.8, 4) is 34.5 Å². The summed E-state index contributed by atoms with van der Waals surface area (Å²) in [5.74, 6) is 2.01. The van der Waals surface area contributed by atoms with Gasteiger partial charge in [-0.1, -0.05) is 0 Å². The number of aromatic hydroxyl groups is 1. The zero-order valence-corrected chi connectivity index (χ0v) is 20.6. The van der Waals surface area contributed by atoms with E-state index in [1.54, 1.807) is 33.5 Å². The first kappa shape index (κ1) is 25.2. The molecule has 8 heteroatoms. The number of carbonyl (C=O) groups is 1. The highest BCUT2D eigenvalue weighted by molar-refractivity contribution is 6.11. The number of carbonyl (C=O) groups excluding carboxylic acids is 1. The quantitative estimate of drug-likeness (QED) is 0.431. The summed E-state index contributed by atoms with van der Waals surface area (Å²) < 4.78 is 27.6. The molecule has 1 aliphatic rings. The van der Waals surface area contributed by atoms with Gasteiger partial charge in [-0.05, 0) is 51.0 Å². The predicted octanol–water partition coefficient (Wildman–Crippen LogP) is 4.14. The largest absolute Gasteiger partial charge is 0.507 e. The standard InChI is InChI=1S/C26H33NO7/c1-27-11-9-16(10-12-27)24-23(33-5)15-21(31-3)18(26(24)34-6)7-8-19(28)25-20(29)13-17(30-2)14-22(25)32-4/h7-8,13-16,29H,9-12H2,1-6H3. The zero-order chi connectivity index (χ0) is 24.8. The smallest absolute Gasteiger partial charge is 0.193 e. The number of piperidine rings is 1. The van der Waals surface area contributed by atoms with Gasteiger partial charge in [0.1, 0.15) is 40.1 Å². The molecule has 184 valence electrons. The third-order valence-corrected chi connectivity index (χ3v) is 6.21. The Labute approximate surface area is 200 Å². The van der Waals surface area contributed by atoms with Gasteiger partial charge in [-0.15, -0.1) is 0 Å². The molecule has 0 spiro atoms. The number of nitrogens with zero attached hydrogens (tertiary/aromatic N) is 1. The number of likely N-dealkylation sites (tertiary alicyclic amines) is 1. The molecule has 1 saturated heterocycles. The highest BCUT2D eigenvalue weighted by Crippen LogP contribution is 2.46. The van der Waals surface area contributed by atoms with Gasteiger partial charge in [0.05, 0.1) is 41.1 Å². The van der Waals surface area contributed by atoms with Crippen molar-refractivity contribution in [3.05, 3.63) is 41.0 Å². The third kappa shape index (κ3) is 5.07. The number of ketones is 1. The van der Waals surface area contributed by atoms with Crippen LogP contribution in [0.3, 0.4) is 0 Å². The monoisotopic (exact) mass is 471 g/mol. The molecule has 0 radical (unpaired) electrons. The fourth-order valence-corrected chi connectivity index (χ4v) is 4.39. The number of ether oxygens (including phenoxy) is 5. The van der Waals surface area contributed by atoms with Crippen molar-refractivity contribution in [3.63, 3.8) is 0 Å². The van der Waals surface area contributed by atoms with E-state index in [1.807, 2.05) is 6.07 Å². The van der Waals surface area contributed by atoms with Gasteiger partial charge < -0.3 is 33.7 Å². The molecule has 0 atom stereocenters. The number of hydrogen-bond donors (Lipinski definition) is 1. The number of rotatable bonds is 9. The molecular formula is C26H33NO7. The van der Waals surface area contributed by atoms with Crippen LogP contribution in [0.4, 0.5) is 0 Å². The van der Waals surface area contributed by atoms with Crippen LogP contribution in [0, 0.1) is 0 Å². The average molecular weight is 472 g/mol. The van der Waals surface area contributed by atoms with Crippen LogP contribution in [0.15, 0.2) is 24.3 Å². The highest BCUT2D eigenvalue weighted by Gasteiger charge is 2.28. The van der Waals surface area contributed by atoms with Crippen molar-refractivity contribution >= 4 is 11.9 Å². The number of hydrogen-bond acceptors (Lipinski definition) is 8.